The van der Waals surface area contributed by atoms with Crippen molar-refractivity contribution >= 4 is 11.9 Å². The zero-order valence-corrected chi connectivity index (χ0v) is 10.0. The second-order valence-electron chi connectivity index (χ2n) is 3.66. The number of hydrogen-bond acceptors (Lipinski definition) is 6. The van der Waals surface area contributed by atoms with Crippen LogP contribution in [0.25, 0.3) is 0 Å². The third-order valence-electron chi connectivity index (χ3n) is 2.25. The lowest BCUT2D eigenvalue weighted by Gasteiger charge is -2.19. The number of nitrogens with zero attached hydrogens (tertiary/aromatic N) is 4. The van der Waals surface area contributed by atoms with Gasteiger partial charge in [-0.05, 0) is 6.07 Å². The van der Waals surface area contributed by atoms with E-state index in [0.29, 0.717) is 18.2 Å². The topological polar surface area (TPSA) is 79.1 Å². The Morgan fingerprint density at radius 2 is 2.41 bits per heavy atom. The molecule has 0 aliphatic rings. The van der Waals surface area contributed by atoms with Crippen molar-refractivity contribution in [3.05, 3.63) is 18.0 Å². The summed E-state index contributed by atoms with van der Waals surface area (Å²) in [5.74, 6) is -0.146. The molecule has 0 spiro atoms. The number of esters is 1. The van der Waals surface area contributed by atoms with E-state index < -0.39 is 0 Å². The zero-order valence-electron chi connectivity index (χ0n) is 10.0. The Bertz CT molecular complexity index is 441. The van der Waals surface area contributed by atoms with Gasteiger partial charge in [0.2, 0.25) is 5.95 Å². The molecule has 0 aromatic carbocycles. The number of ether oxygens (including phenoxy) is 1. The first-order chi connectivity index (χ1) is 8.08. The van der Waals surface area contributed by atoms with Crippen LogP contribution in [0, 0.1) is 17.2 Å². The summed E-state index contributed by atoms with van der Waals surface area (Å²) in [5.41, 5.74) is 0.299. The van der Waals surface area contributed by atoms with Crippen molar-refractivity contribution in [2.45, 2.75) is 6.92 Å². The maximum absolute atomic E-state index is 11.3. The van der Waals surface area contributed by atoms with Gasteiger partial charge in [-0.3, -0.25) is 4.79 Å². The van der Waals surface area contributed by atoms with Crippen molar-refractivity contribution in [1.29, 1.82) is 5.26 Å². The summed E-state index contributed by atoms with van der Waals surface area (Å²) in [6, 6.07) is 3.47. The lowest BCUT2D eigenvalue weighted by Crippen LogP contribution is -2.30. The highest BCUT2D eigenvalue weighted by Gasteiger charge is 2.17. The number of methoxy groups -OCH3 is 1. The predicted octanol–water partition coefficient (Wildman–Crippen LogP) is 0.594. The molecule has 0 radical (unpaired) electrons. The van der Waals surface area contributed by atoms with Gasteiger partial charge in [-0.2, -0.15) is 5.26 Å². The highest BCUT2D eigenvalue weighted by molar-refractivity contribution is 5.72. The van der Waals surface area contributed by atoms with E-state index in [1.165, 1.54) is 19.4 Å². The maximum Gasteiger partial charge on any atom is 0.310 e. The summed E-state index contributed by atoms with van der Waals surface area (Å²) in [6.07, 6.45) is 1.51. The van der Waals surface area contributed by atoms with Gasteiger partial charge in [0.15, 0.2) is 0 Å². The van der Waals surface area contributed by atoms with Gasteiger partial charge in [0, 0.05) is 19.8 Å². The quantitative estimate of drug-likeness (QED) is 0.709. The van der Waals surface area contributed by atoms with Crippen LogP contribution in [0.5, 0.6) is 0 Å². The molecule has 1 aromatic rings. The van der Waals surface area contributed by atoms with Crippen LogP contribution in [0.3, 0.4) is 0 Å². The average molecular weight is 234 g/mol. The Kier molecular flexibility index (Phi) is 4.40. The summed E-state index contributed by atoms with van der Waals surface area (Å²) < 4.78 is 4.63. The Balaban J connectivity index is 2.73. The normalized spacial score (nSPS) is 11.4. The molecule has 6 heteroatoms. The van der Waals surface area contributed by atoms with Gasteiger partial charge in [0.1, 0.15) is 11.8 Å². The third kappa shape index (κ3) is 3.41. The molecular weight excluding hydrogens is 220 g/mol. The van der Waals surface area contributed by atoms with Crippen molar-refractivity contribution in [3.8, 4) is 6.07 Å². The molecule has 1 unspecified atom stereocenters. The molecule has 6 nitrogen and oxygen atoms in total. The minimum absolute atomic E-state index is 0.278. The van der Waals surface area contributed by atoms with E-state index in [9.17, 15) is 4.79 Å². The van der Waals surface area contributed by atoms with Gasteiger partial charge in [-0.25, -0.2) is 9.97 Å². The fraction of sp³-hybridized carbons (Fsp3) is 0.455. The van der Waals surface area contributed by atoms with Gasteiger partial charge in [-0.1, -0.05) is 6.92 Å². The predicted molar refractivity (Wildman–Crippen MR) is 61.2 cm³/mol. The lowest BCUT2D eigenvalue weighted by molar-refractivity contribution is -0.144. The van der Waals surface area contributed by atoms with Crippen LogP contribution in [0.15, 0.2) is 12.3 Å². The van der Waals surface area contributed by atoms with Gasteiger partial charge in [0.25, 0.3) is 0 Å². The summed E-state index contributed by atoms with van der Waals surface area (Å²) in [5, 5.41) is 8.72. The van der Waals surface area contributed by atoms with E-state index in [2.05, 4.69) is 14.7 Å². The molecule has 1 rings (SSSR count). The molecule has 0 saturated carbocycles. The van der Waals surface area contributed by atoms with Gasteiger partial charge >= 0.3 is 5.97 Å². The molecule has 1 atom stereocenters. The van der Waals surface area contributed by atoms with Crippen molar-refractivity contribution in [2.75, 3.05) is 25.6 Å². The molecule has 0 amide bonds. The number of aromatic nitrogens is 2. The lowest BCUT2D eigenvalue weighted by atomic mass is 10.2. The molecule has 0 aliphatic heterocycles. The first-order valence-electron chi connectivity index (χ1n) is 5.10. The average Bonchev–Trinajstić information content (AvgIpc) is 2.37. The largest absolute Gasteiger partial charge is 0.469 e. The van der Waals surface area contributed by atoms with Crippen LogP contribution in [-0.2, 0) is 9.53 Å². The van der Waals surface area contributed by atoms with Crippen molar-refractivity contribution in [1.82, 2.24) is 9.97 Å². The fourth-order valence-corrected chi connectivity index (χ4v) is 1.36. The minimum Gasteiger partial charge on any atom is -0.469 e. The van der Waals surface area contributed by atoms with Crippen molar-refractivity contribution < 1.29 is 9.53 Å². The third-order valence-corrected chi connectivity index (χ3v) is 2.25. The first kappa shape index (κ1) is 12.9. The monoisotopic (exact) mass is 234 g/mol. The Morgan fingerprint density at radius 1 is 1.71 bits per heavy atom. The summed E-state index contributed by atoms with van der Waals surface area (Å²) >= 11 is 0. The molecule has 0 bridgehead atoms. The number of rotatable bonds is 4. The fourth-order valence-electron chi connectivity index (χ4n) is 1.36. The number of nitriles is 1. The second-order valence-corrected chi connectivity index (χ2v) is 3.66. The first-order valence-corrected chi connectivity index (χ1v) is 5.10. The SMILES string of the molecule is COC(=O)C(C)CN(C)c1nccc(C#N)n1. The number of anilines is 1. The molecule has 0 aliphatic carbocycles. The smallest absolute Gasteiger partial charge is 0.310 e. The van der Waals surface area contributed by atoms with Gasteiger partial charge in [-0.15, -0.1) is 0 Å². The standard InChI is InChI=1S/C11H14N4O2/c1-8(10(16)17-3)7-15(2)11-13-5-4-9(6-12)14-11/h4-5,8H,7H2,1-3H3. The maximum atomic E-state index is 11.3. The summed E-state index contributed by atoms with van der Waals surface area (Å²) in [4.78, 5) is 21.0. The molecule has 0 saturated heterocycles. The van der Waals surface area contributed by atoms with Crippen LogP contribution < -0.4 is 4.90 Å². The van der Waals surface area contributed by atoms with Crippen LogP contribution in [0.2, 0.25) is 0 Å². The van der Waals surface area contributed by atoms with E-state index in [4.69, 9.17) is 5.26 Å². The van der Waals surface area contributed by atoms with Crippen LogP contribution in [0.4, 0.5) is 5.95 Å². The van der Waals surface area contributed by atoms with E-state index in [-0.39, 0.29) is 11.9 Å². The zero-order chi connectivity index (χ0) is 12.8. The summed E-state index contributed by atoms with van der Waals surface area (Å²) in [7, 11) is 3.11. The highest BCUT2D eigenvalue weighted by atomic mass is 16.5. The molecule has 1 aromatic heterocycles. The van der Waals surface area contributed by atoms with Crippen molar-refractivity contribution in [3.63, 3.8) is 0 Å². The van der Waals surface area contributed by atoms with Crippen LogP contribution in [0.1, 0.15) is 12.6 Å². The summed E-state index contributed by atoms with van der Waals surface area (Å²) in [6.45, 7) is 2.19. The molecule has 0 N–H and O–H groups in total. The highest BCUT2D eigenvalue weighted by Crippen LogP contribution is 2.08. The second kappa shape index (κ2) is 5.80. The minimum atomic E-state index is -0.284. The Morgan fingerprint density at radius 3 is 3.00 bits per heavy atom. The number of carbonyl (C=O) groups excluding carboxylic acids is 1. The van der Waals surface area contributed by atoms with Crippen LogP contribution in [-0.4, -0.2) is 36.6 Å². The van der Waals surface area contributed by atoms with E-state index in [1.807, 2.05) is 6.07 Å². The molecule has 1 heterocycles. The van der Waals surface area contributed by atoms with E-state index in [1.54, 1.807) is 18.9 Å². The van der Waals surface area contributed by atoms with E-state index >= 15 is 0 Å². The van der Waals surface area contributed by atoms with Crippen molar-refractivity contribution in [2.24, 2.45) is 5.92 Å². The Labute approximate surface area is 99.9 Å². The number of carbonyl (C=O) groups is 1. The van der Waals surface area contributed by atoms with E-state index in [0.717, 1.165) is 0 Å². The molecule has 17 heavy (non-hydrogen) atoms. The molecule has 0 fully saturated rings. The molecular formula is C11H14N4O2. The van der Waals surface area contributed by atoms with Crippen LogP contribution >= 0.6 is 0 Å². The van der Waals surface area contributed by atoms with Gasteiger partial charge in [0.05, 0.1) is 13.0 Å². The van der Waals surface area contributed by atoms with Gasteiger partial charge < -0.3 is 9.64 Å². The Hall–Kier alpha value is -2.16. The number of hydrogen-bond donors (Lipinski definition) is 0. The molecule has 90 valence electrons.